The minimum absolute atomic E-state index is 0.0356. The predicted molar refractivity (Wildman–Crippen MR) is 129 cm³/mol. The van der Waals surface area contributed by atoms with Crippen LogP contribution in [0.2, 0.25) is 0 Å². The number of aliphatic hydroxyl groups is 1. The van der Waals surface area contributed by atoms with E-state index in [0.29, 0.717) is 32.4 Å². The van der Waals surface area contributed by atoms with Crippen LogP contribution in [0.4, 0.5) is 0 Å². The van der Waals surface area contributed by atoms with Gasteiger partial charge in [0.05, 0.1) is 23.2 Å². The van der Waals surface area contributed by atoms with Crippen molar-refractivity contribution in [3.63, 3.8) is 0 Å². The number of unbranched alkanes of at least 4 members (excludes halogenated alkanes) is 2. The molecule has 7 nitrogen and oxygen atoms in total. The van der Waals surface area contributed by atoms with E-state index in [-0.39, 0.29) is 47.1 Å². The zero-order chi connectivity index (χ0) is 23.6. The Morgan fingerprint density at radius 3 is 2.72 bits per heavy atom. The SMILES string of the molecule is C=CCN(C(=O)C1N(CCCCCO)C(=O)[C@@H]2[C@@H](C(=O)OCC)[C@@H]3SC12CC3Br)C(C)C. The molecule has 3 heterocycles. The van der Waals surface area contributed by atoms with Gasteiger partial charge in [0.25, 0.3) is 0 Å². The number of hydrogen-bond donors (Lipinski definition) is 1. The Kier molecular flexibility index (Phi) is 8.36. The zero-order valence-corrected chi connectivity index (χ0v) is 21.6. The number of likely N-dealkylation sites (tertiary alicyclic amines) is 1. The second-order valence-electron chi connectivity index (χ2n) is 9.10. The quantitative estimate of drug-likeness (QED) is 0.191. The van der Waals surface area contributed by atoms with Crippen molar-refractivity contribution in [2.75, 3.05) is 26.3 Å². The molecular weight excluding hydrogens is 496 g/mol. The highest BCUT2D eigenvalue weighted by atomic mass is 79.9. The minimum atomic E-state index is -0.643. The number of carbonyl (C=O) groups excluding carboxylic acids is 3. The molecule has 2 amide bonds. The van der Waals surface area contributed by atoms with Crippen LogP contribution in [-0.2, 0) is 19.1 Å². The average Bonchev–Trinajstić information content (AvgIpc) is 3.32. The van der Waals surface area contributed by atoms with E-state index < -0.39 is 22.6 Å². The van der Waals surface area contributed by atoms with Gasteiger partial charge in [-0.2, -0.15) is 0 Å². The summed E-state index contributed by atoms with van der Waals surface area (Å²) in [6.45, 7) is 10.7. The number of aliphatic hydroxyl groups excluding tert-OH is 1. The molecule has 3 fully saturated rings. The van der Waals surface area contributed by atoms with Gasteiger partial charge in [-0.3, -0.25) is 14.4 Å². The molecule has 1 spiro atoms. The van der Waals surface area contributed by atoms with Crippen LogP contribution in [-0.4, -0.2) is 85.9 Å². The van der Waals surface area contributed by atoms with E-state index in [4.69, 9.17) is 9.84 Å². The predicted octanol–water partition coefficient (Wildman–Crippen LogP) is 2.60. The van der Waals surface area contributed by atoms with Crippen molar-refractivity contribution < 1.29 is 24.2 Å². The maximum Gasteiger partial charge on any atom is 0.310 e. The summed E-state index contributed by atoms with van der Waals surface area (Å²) in [6, 6.07) is -0.655. The summed E-state index contributed by atoms with van der Waals surface area (Å²) in [6.07, 6.45) is 4.52. The van der Waals surface area contributed by atoms with E-state index in [0.717, 1.165) is 6.42 Å². The summed E-state index contributed by atoms with van der Waals surface area (Å²) in [5, 5.41) is 9.04. The number of halogens is 1. The smallest absolute Gasteiger partial charge is 0.310 e. The third-order valence-electron chi connectivity index (χ3n) is 6.87. The van der Waals surface area contributed by atoms with Crippen molar-refractivity contribution >= 4 is 45.5 Å². The van der Waals surface area contributed by atoms with Crippen LogP contribution in [0.1, 0.15) is 46.5 Å². The Balaban J connectivity index is 2.01. The third kappa shape index (κ3) is 4.25. The molecule has 0 radical (unpaired) electrons. The molecule has 3 saturated heterocycles. The molecule has 3 rings (SSSR count). The molecule has 9 heteroatoms. The summed E-state index contributed by atoms with van der Waals surface area (Å²) in [5.74, 6) is -1.61. The third-order valence-corrected chi connectivity index (χ3v) is 10.1. The van der Waals surface area contributed by atoms with Gasteiger partial charge in [-0.1, -0.05) is 22.0 Å². The van der Waals surface area contributed by atoms with Gasteiger partial charge in [-0.25, -0.2) is 0 Å². The van der Waals surface area contributed by atoms with Gasteiger partial charge in [0.15, 0.2) is 0 Å². The lowest BCUT2D eigenvalue weighted by Gasteiger charge is -2.39. The molecule has 180 valence electrons. The Morgan fingerprint density at radius 1 is 1.41 bits per heavy atom. The number of alkyl halides is 1. The van der Waals surface area contributed by atoms with Crippen LogP contribution < -0.4 is 0 Å². The molecule has 3 unspecified atom stereocenters. The van der Waals surface area contributed by atoms with E-state index in [1.165, 1.54) is 0 Å². The largest absolute Gasteiger partial charge is 0.466 e. The maximum atomic E-state index is 14.0. The summed E-state index contributed by atoms with van der Waals surface area (Å²) in [7, 11) is 0. The van der Waals surface area contributed by atoms with Crippen LogP contribution in [0.15, 0.2) is 12.7 Å². The highest BCUT2D eigenvalue weighted by molar-refractivity contribution is 9.09. The van der Waals surface area contributed by atoms with E-state index in [9.17, 15) is 14.4 Å². The summed E-state index contributed by atoms with van der Waals surface area (Å²) < 4.78 is 4.72. The van der Waals surface area contributed by atoms with Gasteiger partial charge in [-0.05, 0) is 46.5 Å². The van der Waals surface area contributed by atoms with Gasteiger partial charge in [-0.15, -0.1) is 18.3 Å². The summed E-state index contributed by atoms with van der Waals surface area (Å²) in [5.41, 5.74) is 0. The summed E-state index contributed by atoms with van der Waals surface area (Å²) in [4.78, 5) is 44.2. The van der Waals surface area contributed by atoms with Gasteiger partial charge in [0.2, 0.25) is 11.8 Å². The average molecular weight is 532 g/mol. The molecular formula is C23H35BrN2O5S. The van der Waals surface area contributed by atoms with Crippen molar-refractivity contribution in [3.05, 3.63) is 12.7 Å². The highest BCUT2D eigenvalue weighted by Crippen LogP contribution is 2.68. The standard InChI is InChI=1S/C23H35BrN2O5S/c1-5-10-25(14(3)4)21(29)19-23-13-15(24)18(32-23)16(22(30)31-6-2)17(23)20(28)26(19)11-8-7-9-12-27/h5,14-19,27H,1,6-13H2,2-4H3/t15?,16-,17+,18-,19?,23?/m1/s1. The number of carbonyl (C=O) groups is 3. The van der Waals surface area contributed by atoms with E-state index in [1.807, 2.05) is 13.8 Å². The van der Waals surface area contributed by atoms with Gasteiger partial charge >= 0.3 is 5.97 Å². The lowest BCUT2D eigenvalue weighted by atomic mass is 9.71. The number of thioether (sulfide) groups is 1. The highest BCUT2D eigenvalue weighted by Gasteiger charge is 2.76. The van der Waals surface area contributed by atoms with Crippen molar-refractivity contribution in [2.45, 2.75) is 73.4 Å². The number of nitrogens with zero attached hydrogens (tertiary/aromatic N) is 2. The van der Waals surface area contributed by atoms with Gasteiger partial charge in [0, 0.05) is 35.8 Å². The minimum Gasteiger partial charge on any atom is -0.466 e. The topological polar surface area (TPSA) is 87.2 Å². The van der Waals surface area contributed by atoms with E-state index in [2.05, 4.69) is 22.5 Å². The van der Waals surface area contributed by atoms with E-state index >= 15 is 0 Å². The lowest BCUT2D eigenvalue weighted by molar-refractivity contribution is -0.153. The van der Waals surface area contributed by atoms with Crippen molar-refractivity contribution in [1.29, 1.82) is 0 Å². The second-order valence-corrected chi connectivity index (χ2v) is 11.8. The molecule has 2 bridgehead atoms. The molecule has 0 aromatic rings. The van der Waals surface area contributed by atoms with Crippen LogP contribution in [0.3, 0.4) is 0 Å². The number of esters is 1. The normalized spacial score (nSPS) is 33.0. The zero-order valence-electron chi connectivity index (χ0n) is 19.2. The first kappa shape index (κ1) is 25.6. The van der Waals surface area contributed by atoms with Gasteiger partial charge in [0.1, 0.15) is 6.04 Å². The fraction of sp³-hybridized carbons (Fsp3) is 0.783. The Labute approximate surface area is 203 Å². The number of hydrogen-bond acceptors (Lipinski definition) is 6. The maximum absolute atomic E-state index is 14.0. The molecule has 3 aliphatic heterocycles. The molecule has 32 heavy (non-hydrogen) atoms. The number of ether oxygens (including phenoxy) is 1. The van der Waals surface area contributed by atoms with Crippen molar-refractivity contribution in [2.24, 2.45) is 11.8 Å². The fourth-order valence-corrected chi connectivity index (χ4v) is 9.17. The molecule has 1 N–H and O–H groups in total. The van der Waals surface area contributed by atoms with Crippen molar-refractivity contribution in [1.82, 2.24) is 9.80 Å². The Bertz CT molecular complexity index is 750. The van der Waals surface area contributed by atoms with Crippen LogP contribution >= 0.6 is 27.7 Å². The Morgan fingerprint density at radius 2 is 2.12 bits per heavy atom. The monoisotopic (exact) mass is 530 g/mol. The lowest BCUT2D eigenvalue weighted by Crippen LogP contribution is -2.56. The molecule has 0 aromatic carbocycles. The molecule has 3 aliphatic rings. The second kappa shape index (κ2) is 10.5. The Hall–Kier alpha value is -1.06. The summed E-state index contributed by atoms with van der Waals surface area (Å²) >= 11 is 5.38. The molecule has 0 saturated carbocycles. The van der Waals surface area contributed by atoms with Crippen LogP contribution in [0, 0.1) is 11.8 Å². The molecule has 0 aromatic heterocycles. The van der Waals surface area contributed by atoms with E-state index in [1.54, 1.807) is 34.6 Å². The molecule has 6 atom stereocenters. The van der Waals surface area contributed by atoms with Gasteiger partial charge < -0.3 is 19.6 Å². The number of rotatable bonds is 11. The van der Waals surface area contributed by atoms with Crippen LogP contribution in [0.25, 0.3) is 0 Å². The molecule has 0 aliphatic carbocycles. The van der Waals surface area contributed by atoms with Crippen LogP contribution in [0.5, 0.6) is 0 Å². The first-order valence-corrected chi connectivity index (χ1v) is 13.4. The first-order chi connectivity index (χ1) is 15.2. The first-order valence-electron chi connectivity index (χ1n) is 11.6. The van der Waals surface area contributed by atoms with Crippen molar-refractivity contribution in [3.8, 4) is 0 Å². The number of fused-ring (bicyclic) bond motifs is 1. The number of amides is 2. The fourth-order valence-electron chi connectivity index (χ4n) is 5.58.